The Kier molecular flexibility index (Phi) is 6.54. The summed E-state index contributed by atoms with van der Waals surface area (Å²) >= 11 is 0. The van der Waals surface area contributed by atoms with Gasteiger partial charge in [-0.15, -0.1) is 0 Å². The number of nitrogens with one attached hydrogen (secondary N) is 1. The lowest BCUT2D eigenvalue weighted by atomic mass is 10.3. The predicted molar refractivity (Wildman–Crippen MR) is 69.5 cm³/mol. The predicted octanol–water partition coefficient (Wildman–Crippen LogP) is 1.23. The molecule has 1 aromatic rings. The number of hydrogen-bond acceptors (Lipinski definition) is 5. The van der Waals surface area contributed by atoms with Gasteiger partial charge in [0.15, 0.2) is 0 Å². The molecule has 0 saturated heterocycles. The molecule has 0 unspecified atom stereocenters. The minimum Gasteiger partial charge on any atom is -0.380 e. The van der Waals surface area contributed by atoms with E-state index in [9.17, 15) is 0 Å². The number of likely N-dealkylation sites (N-methyl/N-ethyl adjacent to an activating group) is 1. The molecule has 0 aliphatic heterocycles. The van der Waals surface area contributed by atoms with Crippen molar-refractivity contribution in [2.45, 2.75) is 20.4 Å². The van der Waals surface area contributed by atoms with Crippen molar-refractivity contribution in [1.82, 2.24) is 9.88 Å². The Morgan fingerprint density at radius 1 is 1.47 bits per heavy atom. The molecule has 0 spiro atoms. The number of hydrazine groups is 1. The number of ether oxygens (including phenoxy) is 1. The van der Waals surface area contributed by atoms with Crippen molar-refractivity contribution in [3.63, 3.8) is 0 Å². The third-order valence-electron chi connectivity index (χ3n) is 2.57. The van der Waals surface area contributed by atoms with E-state index in [-0.39, 0.29) is 0 Å². The second kappa shape index (κ2) is 8.00. The second-order valence-corrected chi connectivity index (χ2v) is 3.75. The standard InChI is InChI=1S/C12H22N4O/c1-3-16(7-8-17-4-2)10-12-9-11(15-13)5-6-14-12/h5-6,9H,3-4,7-8,10,13H2,1-2H3,(H,14,15). The Morgan fingerprint density at radius 2 is 2.29 bits per heavy atom. The Balaban J connectivity index is 2.48. The summed E-state index contributed by atoms with van der Waals surface area (Å²) in [4.78, 5) is 6.62. The summed E-state index contributed by atoms with van der Waals surface area (Å²) in [6.07, 6.45) is 1.76. The number of rotatable bonds is 8. The Bertz CT molecular complexity index is 319. The lowest BCUT2D eigenvalue weighted by Crippen LogP contribution is -2.27. The molecule has 5 nitrogen and oxygen atoms in total. The number of nitrogens with two attached hydrogens (primary N) is 1. The largest absolute Gasteiger partial charge is 0.380 e. The van der Waals surface area contributed by atoms with Gasteiger partial charge in [-0.1, -0.05) is 6.92 Å². The highest BCUT2D eigenvalue weighted by Crippen LogP contribution is 2.08. The number of pyridine rings is 1. The van der Waals surface area contributed by atoms with Crippen LogP contribution in [-0.2, 0) is 11.3 Å². The minimum absolute atomic E-state index is 0.763. The zero-order chi connectivity index (χ0) is 12.5. The molecule has 96 valence electrons. The summed E-state index contributed by atoms with van der Waals surface area (Å²) in [5.41, 5.74) is 4.53. The van der Waals surface area contributed by atoms with Crippen molar-refractivity contribution in [3.8, 4) is 0 Å². The number of anilines is 1. The van der Waals surface area contributed by atoms with Crippen molar-refractivity contribution < 1.29 is 4.74 Å². The van der Waals surface area contributed by atoms with Gasteiger partial charge in [-0.2, -0.15) is 0 Å². The molecule has 0 saturated carbocycles. The molecule has 5 heteroatoms. The first kappa shape index (κ1) is 13.9. The van der Waals surface area contributed by atoms with Gasteiger partial charge in [0.2, 0.25) is 0 Å². The molecule has 0 radical (unpaired) electrons. The molecule has 1 heterocycles. The van der Waals surface area contributed by atoms with Crippen LogP contribution >= 0.6 is 0 Å². The van der Waals surface area contributed by atoms with E-state index in [1.807, 2.05) is 19.1 Å². The number of nitrogen functional groups attached to an aromatic ring is 1. The lowest BCUT2D eigenvalue weighted by molar-refractivity contribution is 0.112. The Hall–Kier alpha value is -1.17. The minimum atomic E-state index is 0.763. The van der Waals surface area contributed by atoms with Crippen molar-refractivity contribution in [3.05, 3.63) is 24.0 Å². The summed E-state index contributed by atoms with van der Waals surface area (Å²) < 4.78 is 5.35. The summed E-state index contributed by atoms with van der Waals surface area (Å²) in [7, 11) is 0. The van der Waals surface area contributed by atoms with E-state index >= 15 is 0 Å². The van der Waals surface area contributed by atoms with Crippen molar-refractivity contribution in [2.24, 2.45) is 5.84 Å². The van der Waals surface area contributed by atoms with Crippen molar-refractivity contribution in [1.29, 1.82) is 0 Å². The fourth-order valence-electron chi connectivity index (χ4n) is 1.57. The maximum atomic E-state index is 5.37. The molecule has 0 aromatic carbocycles. The normalized spacial score (nSPS) is 10.8. The summed E-state index contributed by atoms with van der Waals surface area (Å²) in [6, 6.07) is 3.81. The van der Waals surface area contributed by atoms with Gasteiger partial charge in [0.25, 0.3) is 0 Å². The van der Waals surface area contributed by atoms with Gasteiger partial charge in [0, 0.05) is 25.9 Å². The van der Waals surface area contributed by atoms with Crippen LogP contribution in [-0.4, -0.2) is 36.2 Å². The zero-order valence-electron chi connectivity index (χ0n) is 10.6. The van der Waals surface area contributed by atoms with E-state index in [4.69, 9.17) is 10.6 Å². The third-order valence-corrected chi connectivity index (χ3v) is 2.57. The topological polar surface area (TPSA) is 63.4 Å². The fraction of sp³-hybridized carbons (Fsp3) is 0.583. The second-order valence-electron chi connectivity index (χ2n) is 3.75. The molecule has 0 fully saturated rings. The van der Waals surface area contributed by atoms with Gasteiger partial charge in [-0.05, 0) is 25.6 Å². The molecular weight excluding hydrogens is 216 g/mol. The van der Waals surface area contributed by atoms with Crippen LogP contribution < -0.4 is 11.3 Å². The van der Waals surface area contributed by atoms with E-state index < -0.39 is 0 Å². The van der Waals surface area contributed by atoms with Crippen molar-refractivity contribution in [2.75, 3.05) is 31.7 Å². The average Bonchev–Trinajstić information content (AvgIpc) is 2.38. The van der Waals surface area contributed by atoms with E-state index in [1.54, 1.807) is 6.20 Å². The van der Waals surface area contributed by atoms with Crippen LogP contribution in [0, 0.1) is 0 Å². The van der Waals surface area contributed by atoms with Gasteiger partial charge in [0.05, 0.1) is 18.0 Å². The van der Waals surface area contributed by atoms with Gasteiger partial charge < -0.3 is 10.2 Å². The average molecular weight is 238 g/mol. The van der Waals surface area contributed by atoms with E-state index in [1.165, 1.54) is 0 Å². The first-order valence-electron chi connectivity index (χ1n) is 6.01. The highest BCUT2D eigenvalue weighted by Gasteiger charge is 2.05. The molecule has 0 aliphatic carbocycles. The fourth-order valence-corrected chi connectivity index (χ4v) is 1.57. The Morgan fingerprint density at radius 3 is 2.94 bits per heavy atom. The van der Waals surface area contributed by atoms with Gasteiger partial charge >= 0.3 is 0 Å². The van der Waals surface area contributed by atoms with Crippen LogP contribution in [0.3, 0.4) is 0 Å². The maximum Gasteiger partial charge on any atom is 0.0593 e. The SMILES string of the molecule is CCOCCN(CC)Cc1cc(NN)ccn1. The van der Waals surface area contributed by atoms with Gasteiger partial charge in [0.1, 0.15) is 0 Å². The highest BCUT2D eigenvalue weighted by atomic mass is 16.5. The highest BCUT2D eigenvalue weighted by molar-refractivity contribution is 5.41. The van der Waals surface area contributed by atoms with Crippen LogP contribution in [0.5, 0.6) is 0 Å². The van der Waals surface area contributed by atoms with Crippen molar-refractivity contribution >= 4 is 5.69 Å². The molecular formula is C12H22N4O. The quantitative estimate of drug-likeness (QED) is 0.405. The number of nitrogens with zero attached hydrogens (tertiary/aromatic N) is 2. The van der Waals surface area contributed by atoms with Crippen LogP contribution in [0.1, 0.15) is 19.5 Å². The summed E-state index contributed by atoms with van der Waals surface area (Å²) in [6.45, 7) is 8.40. The number of hydrogen-bond donors (Lipinski definition) is 2. The molecule has 0 aliphatic rings. The third kappa shape index (κ3) is 5.12. The first-order valence-corrected chi connectivity index (χ1v) is 6.01. The van der Waals surface area contributed by atoms with E-state index in [0.29, 0.717) is 0 Å². The molecule has 17 heavy (non-hydrogen) atoms. The monoisotopic (exact) mass is 238 g/mol. The molecule has 1 rings (SSSR count). The first-order chi connectivity index (χ1) is 8.30. The van der Waals surface area contributed by atoms with Crippen LogP contribution in [0.25, 0.3) is 0 Å². The molecule has 3 N–H and O–H groups in total. The van der Waals surface area contributed by atoms with Crippen LogP contribution in [0.15, 0.2) is 18.3 Å². The molecule has 0 amide bonds. The van der Waals surface area contributed by atoms with Gasteiger partial charge in [-0.3, -0.25) is 15.7 Å². The smallest absolute Gasteiger partial charge is 0.0593 e. The maximum absolute atomic E-state index is 5.37. The zero-order valence-corrected chi connectivity index (χ0v) is 10.6. The molecule has 1 aromatic heterocycles. The molecule has 0 atom stereocenters. The summed E-state index contributed by atoms with van der Waals surface area (Å²) in [5.74, 6) is 5.37. The van der Waals surface area contributed by atoms with E-state index in [2.05, 4.69) is 22.2 Å². The Labute approximate surface area is 103 Å². The van der Waals surface area contributed by atoms with Gasteiger partial charge in [-0.25, -0.2) is 0 Å². The van der Waals surface area contributed by atoms with Crippen LogP contribution in [0.4, 0.5) is 5.69 Å². The molecule has 0 bridgehead atoms. The van der Waals surface area contributed by atoms with Crippen LogP contribution in [0.2, 0.25) is 0 Å². The number of aromatic nitrogens is 1. The van der Waals surface area contributed by atoms with E-state index in [0.717, 1.165) is 44.2 Å². The summed E-state index contributed by atoms with van der Waals surface area (Å²) in [5, 5.41) is 0. The lowest BCUT2D eigenvalue weighted by Gasteiger charge is -2.19.